The molecule has 0 unspecified atom stereocenters. The van der Waals surface area contributed by atoms with Crippen molar-refractivity contribution in [3.05, 3.63) is 65.9 Å². The monoisotopic (exact) mass is 366 g/mol. The Kier molecular flexibility index (Phi) is 4.19. The maximum Gasteiger partial charge on any atom is 0.201 e. The Morgan fingerprint density at radius 2 is 1.74 bits per heavy atom. The van der Waals surface area contributed by atoms with Gasteiger partial charge >= 0.3 is 0 Å². The van der Waals surface area contributed by atoms with Crippen LogP contribution in [-0.2, 0) is 6.42 Å². The van der Waals surface area contributed by atoms with Crippen molar-refractivity contribution in [3.8, 4) is 17.3 Å². The molecule has 136 valence electrons. The first-order valence-corrected chi connectivity index (χ1v) is 8.45. The van der Waals surface area contributed by atoms with Gasteiger partial charge in [0.05, 0.1) is 11.1 Å². The minimum absolute atomic E-state index is 0.107. The summed E-state index contributed by atoms with van der Waals surface area (Å²) in [5.74, 6) is -1.50. The van der Waals surface area contributed by atoms with Gasteiger partial charge in [0.15, 0.2) is 5.82 Å². The van der Waals surface area contributed by atoms with Crippen LogP contribution in [0.4, 0.5) is 20.3 Å². The molecule has 0 aliphatic heterocycles. The molecule has 7 heteroatoms. The highest BCUT2D eigenvalue weighted by Crippen LogP contribution is 2.34. The molecule has 5 nitrogen and oxygen atoms in total. The third-order valence-corrected chi connectivity index (χ3v) is 4.33. The van der Waals surface area contributed by atoms with Crippen molar-refractivity contribution in [1.82, 2.24) is 15.0 Å². The van der Waals surface area contributed by atoms with Crippen LogP contribution in [0, 0.1) is 11.6 Å². The fourth-order valence-electron chi connectivity index (χ4n) is 2.90. The van der Waals surface area contributed by atoms with E-state index in [1.807, 2.05) is 24.3 Å². The number of halogens is 2. The van der Waals surface area contributed by atoms with E-state index in [1.54, 1.807) is 0 Å². The summed E-state index contributed by atoms with van der Waals surface area (Å²) in [5.41, 5.74) is 1.93. The molecule has 2 aromatic heterocycles. The summed E-state index contributed by atoms with van der Waals surface area (Å²) in [7, 11) is 0. The molecule has 0 bridgehead atoms. The zero-order chi connectivity index (χ0) is 19.0. The highest BCUT2D eigenvalue weighted by molar-refractivity contribution is 5.96. The van der Waals surface area contributed by atoms with Crippen LogP contribution in [0.5, 0.6) is 5.88 Å². The standard InChI is InChI=1S/C20H16F2N4O/c1-2-11-6-8-12(9-7-11)24-19-17-15(10-23-20(17)27)25-18(26-19)16-13(21)4-3-5-14(16)22/h3-10,23,27H,2H2,1H3,(H,24,25,26). The molecule has 0 aliphatic rings. The van der Waals surface area contributed by atoms with Crippen molar-refractivity contribution in [2.45, 2.75) is 13.3 Å². The van der Waals surface area contributed by atoms with Crippen molar-refractivity contribution in [2.24, 2.45) is 0 Å². The fourth-order valence-corrected chi connectivity index (χ4v) is 2.90. The molecule has 0 amide bonds. The van der Waals surface area contributed by atoms with Crippen LogP contribution < -0.4 is 5.32 Å². The fraction of sp³-hybridized carbons (Fsp3) is 0.100. The molecule has 0 spiro atoms. The van der Waals surface area contributed by atoms with Crippen LogP contribution in [0.15, 0.2) is 48.7 Å². The SMILES string of the molecule is CCc1ccc(Nc2nc(-c3c(F)cccc3F)nc3c[nH]c(O)c23)cc1. The number of H-pyrrole nitrogens is 1. The molecule has 0 aliphatic carbocycles. The summed E-state index contributed by atoms with van der Waals surface area (Å²) in [6.07, 6.45) is 2.37. The number of aryl methyl sites for hydroxylation is 1. The summed E-state index contributed by atoms with van der Waals surface area (Å²) < 4.78 is 28.4. The summed E-state index contributed by atoms with van der Waals surface area (Å²) in [6.45, 7) is 2.06. The quantitative estimate of drug-likeness (QED) is 0.480. The zero-order valence-corrected chi connectivity index (χ0v) is 14.4. The summed E-state index contributed by atoms with van der Waals surface area (Å²) >= 11 is 0. The Balaban J connectivity index is 1.86. The van der Waals surface area contributed by atoms with E-state index < -0.39 is 11.6 Å². The molecular weight excluding hydrogens is 350 g/mol. The lowest BCUT2D eigenvalue weighted by Gasteiger charge is -2.11. The second-order valence-corrected chi connectivity index (χ2v) is 6.07. The second-order valence-electron chi connectivity index (χ2n) is 6.07. The van der Waals surface area contributed by atoms with E-state index >= 15 is 0 Å². The van der Waals surface area contributed by atoms with Crippen LogP contribution in [-0.4, -0.2) is 20.1 Å². The second kappa shape index (κ2) is 6.68. The first-order valence-electron chi connectivity index (χ1n) is 8.45. The van der Waals surface area contributed by atoms with E-state index in [4.69, 9.17) is 0 Å². The average Bonchev–Trinajstić information content (AvgIpc) is 3.03. The number of nitrogens with one attached hydrogen (secondary N) is 2. The molecule has 4 aromatic rings. The summed E-state index contributed by atoms with van der Waals surface area (Å²) in [6, 6.07) is 11.3. The van der Waals surface area contributed by atoms with Gasteiger partial charge in [-0.1, -0.05) is 25.1 Å². The van der Waals surface area contributed by atoms with E-state index in [-0.39, 0.29) is 23.1 Å². The molecule has 0 radical (unpaired) electrons. The van der Waals surface area contributed by atoms with Gasteiger partial charge in [0, 0.05) is 11.9 Å². The van der Waals surface area contributed by atoms with Crippen molar-refractivity contribution in [1.29, 1.82) is 0 Å². The van der Waals surface area contributed by atoms with Crippen LogP contribution in [0.1, 0.15) is 12.5 Å². The van der Waals surface area contributed by atoms with E-state index in [0.29, 0.717) is 10.9 Å². The molecule has 0 fully saturated rings. The topological polar surface area (TPSA) is 73.8 Å². The molecule has 3 N–H and O–H groups in total. The van der Waals surface area contributed by atoms with Crippen LogP contribution in [0.25, 0.3) is 22.3 Å². The van der Waals surface area contributed by atoms with Gasteiger partial charge in [0.2, 0.25) is 5.88 Å². The summed E-state index contributed by atoms with van der Waals surface area (Å²) in [5, 5.41) is 13.5. The number of aromatic hydroxyl groups is 1. The molecule has 27 heavy (non-hydrogen) atoms. The minimum Gasteiger partial charge on any atom is -0.494 e. The average molecular weight is 366 g/mol. The third kappa shape index (κ3) is 3.08. The van der Waals surface area contributed by atoms with Gasteiger partial charge in [-0.15, -0.1) is 0 Å². The Morgan fingerprint density at radius 3 is 2.41 bits per heavy atom. The maximum absolute atomic E-state index is 14.2. The molecule has 4 rings (SSSR count). The predicted molar refractivity (Wildman–Crippen MR) is 100 cm³/mol. The van der Waals surface area contributed by atoms with Crippen LogP contribution >= 0.6 is 0 Å². The Bertz CT molecular complexity index is 1100. The maximum atomic E-state index is 14.2. The van der Waals surface area contributed by atoms with E-state index in [9.17, 15) is 13.9 Å². The van der Waals surface area contributed by atoms with E-state index in [2.05, 4.69) is 27.2 Å². The number of aromatic amines is 1. The Labute approximate surface area is 153 Å². The number of nitrogens with zero attached hydrogens (tertiary/aromatic N) is 2. The van der Waals surface area contributed by atoms with Gasteiger partial charge in [-0.3, -0.25) is 0 Å². The number of aromatic nitrogens is 3. The Morgan fingerprint density at radius 1 is 1.04 bits per heavy atom. The van der Waals surface area contributed by atoms with Crippen molar-refractivity contribution >= 4 is 22.4 Å². The Hall–Kier alpha value is -3.48. The normalized spacial score (nSPS) is 11.1. The predicted octanol–water partition coefficient (Wildman–Crippen LogP) is 4.91. The lowest BCUT2D eigenvalue weighted by Crippen LogP contribution is -2.01. The summed E-state index contributed by atoms with van der Waals surface area (Å²) in [4.78, 5) is 11.1. The molecule has 0 saturated heterocycles. The number of fused-ring (bicyclic) bond motifs is 1. The van der Waals surface area contributed by atoms with Crippen molar-refractivity contribution in [3.63, 3.8) is 0 Å². The number of hydrogen-bond donors (Lipinski definition) is 3. The largest absolute Gasteiger partial charge is 0.494 e. The number of hydrogen-bond acceptors (Lipinski definition) is 4. The van der Waals surface area contributed by atoms with Crippen molar-refractivity contribution < 1.29 is 13.9 Å². The van der Waals surface area contributed by atoms with E-state index in [1.165, 1.54) is 17.8 Å². The zero-order valence-electron chi connectivity index (χ0n) is 14.4. The molecule has 0 atom stereocenters. The van der Waals surface area contributed by atoms with Gasteiger partial charge in [0.25, 0.3) is 0 Å². The van der Waals surface area contributed by atoms with Gasteiger partial charge in [0.1, 0.15) is 22.8 Å². The number of anilines is 2. The molecule has 2 aromatic carbocycles. The van der Waals surface area contributed by atoms with Gasteiger partial charge in [-0.05, 0) is 36.2 Å². The van der Waals surface area contributed by atoms with Gasteiger partial charge in [-0.25, -0.2) is 18.7 Å². The lowest BCUT2D eigenvalue weighted by molar-refractivity contribution is 0.463. The smallest absolute Gasteiger partial charge is 0.201 e. The molecule has 2 heterocycles. The first kappa shape index (κ1) is 17.0. The third-order valence-electron chi connectivity index (χ3n) is 4.33. The number of benzene rings is 2. The highest BCUT2D eigenvalue weighted by atomic mass is 19.1. The molecular formula is C20H16F2N4O. The lowest BCUT2D eigenvalue weighted by atomic mass is 10.1. The molecule has 0 saturated carbocycles. The first-order chi connectivity index (χ1) is 13.1. The highest BCUT2D eigenvalue weighted by Gasteiger charge is 2.19. The number of rotatable bonds is 4. The minimum atomic E-state index is -0.757. The van der Waals surface area contributed by atoms with Crippen LogP contribution in [0.3, 0.4) is 0 Å². The van der Waals surface area contributed by atoms with Crippen LogP contribution in [0.2, 0.25) is 0 Å². The van der Waals surface area contributed by atoms with E-state index in [0.717, 1.165) is 24.2 Å². The van der Waals surface area contributed by atoms with Gasteiger partial charge < -0.3 is 15.4 Å². The van der Waals surface area contributed by atoms with Gasteiger partial charge in [-0.2, -0.15) is 0 Å². The van der Waals surface area contributed by atoms with Crippen molar-refractivity contribution in [2.75, 3.05) is 5.32 Å².